The van der Waals surface area contributed by atoms with Crippen molar-refractivity contribution < 1.29 is 9.59 Å². The van der Waals surface area contributed by atoms with Crippen LogP contribution in [0.15, 0.2) is 30.9 Å². The summed E-state index contributed by atoms with van der Waals surface area (Å²) >= 11 is 1.53. The first-order chi connectivity index (χ1) is 17.5. The number of carbonyl (C=O) groups is 2. The number of hydrogen-bond acceptors (Lipinski definition) is 7. The number of aryl methyl sites for hydroxylation is 2. The zero-order valence-electron chi connectivity index (χ0n) is 20.1. The molecule has 186 valence electrons. The molecule has 11 heteroatoms. The molecule has 0 unspecified atom stereocenters. The molecule has 4 aromatic heterocycles. The number of pyridine rings is 1. The van der Waals surface area contributed by atoms with E-state index >= 15 is 0 Å². The lowest BCUT2D eigenvalue weighted by Gasteiger charge is -2.13. The van der Waals surface area contributed by atoms with Gasteiger partial charge in [-0.05, 0) is 38.7 Å². The molecule has 1 aliphatic carbocycles. The first-order valence-electron chi connectivity index (χ1n) is 12.4. The maximum absolute atomic E-state index is 13.2. The van der Waals surface area contributed by atoms with E-state index in [0.717, 1.165) is 47.5 Å². The van der Waals surface area contributed by atoms with Gasteiger partial charge in [0.15, 0.2) is 0 Å². The number of rotatable bonds is 7. The van der Waals surface area contributed by atoms with Crippen molar-refractivity contribution in [1.82, 2.24) is 29.7 Å². The van der Waals surface area contributed by atoms with Crippen molar-refractivity contribution in [2.24, 2.45) is 0 Å². The largest absolute Gasteiger partial charge is 0.324 e. The molecule has 2 amide bonds. The van der Waals surface area contributed by atoms with E-state index in [2.05, 4.69) is 35.8 Å². The van der Waals surface area contributed by atoms with E-state index < -0.39 is 0 Å². The highest BCUT2D eigenvalue weighted by Crippen LogP contribution is 2.35. The van der Waals surface area contributed by atoms with Crippen molar-refractivity contribution in [3.8, 4) is 10.4 Å². The Morgan fingerprint density at radius 1 is 1.11 bits per heavy atom. The predicted octanol–water partition coefficient (Wildman–Crippen LogP) is 3.63. The molecule has 0 atom stereocenters. The molecule has 1 fully saturated rings. The van der Waals surface area contributed by atoms with Gasteiger partial charge in [-0.1, -0.05) is 12.8 Å². The van der Waals surface area contributed by atoms with Gasteiger partial charge >= 0.3 is 0 Å². The molecule has 4 aromatic rings. The van der Waals surface area contributed by atoms with E-state index in [1.54, 1.807) is 23.0 Å². The number of nitrogens with one attached hydrogen (secondary N) is 3. The molecule has 0 radical (unpaired) electrons. The van der Waals surface area contributed by atoms with Gasteiger partial charge in [0.05, 0.1) is 52.6 Å². The van der Waals surface area contributed by atoms with Crippen molar-refractivity contribution in [3.63, 3.8) is 0 Å². The van der Waals surface area contributed by atoms with Crippen LogP contribution < -0.4 is 16.0 Å². The summed E-state index contributed by atoms with van der Waals surface area (Å²) in [7, 11) is 0. The number of carbonyl (C=O) groups excluding carboxylic acids is 2. The molecule has 0 bridgehead atoms. The van der Waals surface area contributed by atoms with Crippen LogP contribution in [0, 0.1) is 6.92 Å². The molecule has 3 N–H and O–H groups in total. The summed E-state index contributed by atoms with van der Waals surface area (Å²) in [6, 6.07) is 2.16. The van der Waals surface area contributed by atoms with Crippen LogP contribution in [0.1, 0.15) is 53.8 Å². The Morgan fingerprint density at radius 2 is 1.97 bits per heavy atom. The van der Waals surface area contributed by atoms with Crippen molar-refractivity contribution in [1.29, 1.82) is 0 Å². The van der Waals surface area contributed by atoms with Crippen molar-refractivity contribution in [3.05, 3.63) is 47.8 Å². The summed E-state index contributed by atoms with van der Waals surface area (Å²) in [5.41, 5.74) is 4.60. The van der Waals surface area contributed by atoms with Gasteiger partial charge in [0.2, 0.25) is 5.91 Å². The standard InChI is InChI=1S/C25H28N8O2S/c1-15-20(9-17(10-26-15)30-23(34)13-27-16-5-2-3-6-16)31-24(35)19-12-29-33-14-22(36-25(19)33)18-11-28-32-8-4-7-21(18)32/h9-12,14,16,27H,2-8,13H2,1H3,(H,30,34)(H,31,35). The number of thiazole rings is 1. The molecule has 0 aromatic carbocycles. The van der Waals surface area contributed by atoms with Crippen LogP contribution in [0.5, 0.6) is 0 Å². The number of amides is 2. The van der Waals surface area contributed by atoms with Crippen LogP contribution in [0.4, 0.5) is 11.4 Å². The molecule has 10 nitrogen and oxygen atoms in total. The summed E-state index contributed by atoms with van der Waals surface area (Å²) in [6.45, 7) is 3.03. The van der Waals surface area contributed by atoms with Crippen LogP contribution in [0.25, 0.3) is 15.3 Å². The van der Waals surface area contributed by atoms with E-state index in [0.29, 0.717) is 28.7 Å². The highest BCUT2D eigenvalue weighted by atomic mass is 32.1. The average Bonchev–Trinajstić information content (AvgIpc) is 3.66. The number of hydrogen-bond donors (Lipinski definition) is 3. The summed E-state index contributed by atoms with van der Waals surface area (Å²) in [5, 5.41) is 18.0. The van der Waals surface area contributed by atoms with Crippen LogP contribution in [0.3, 0.4) is 0 Å². The van der Waals surface area contributed by atoms with Gasteiger partial charge in [-0.2, -0.15) is 10.2 Å². The monoisotopic (exact) mass is 504 g/mol. The first kappa shape index (κ1) is 22.9. The molecule has 36 heavy (non-hydrogen) atoms. The normalized spacial score (nSPS) is 15.5. The Labute approximate surface area is 212 Å². The molecule has 0 saturated heterocycles. The Balaban J connectivity index is 1.16. The summed E-state index contributed by atoms with van der Waals surface area (Å²) in [6.07, 6.45) is 13.8. The van der Waals surface area contributed by atoms with Gasteiger partial charge in [0.1, 0.15) is 4.83 Å². The van der Waals surface area contributed by atoms with Crippen LogP contribution in [-0.2, 0) is 17.8 Å². The first-order valence-corrected chi connectivity index (χ1v) is 13.2. The highest BCUT2D eigenvalue weighted by molar-refractivity contribution is 7.21. The van der Waals surface area contributed by atoms with Gasteiger partial charge in [-0.15, -0.1) is 11.3 Å². The predicted molar refractivity (Wildman–Crippen MR) is 138 cm³/mol. The number of nitrogens with zero attached hydrogens (tertiary/aromatic N) is 5. The zero-order valence-corrected chi connectivity index (χ0v) is 20.9. The molecule has 5 heterocycles. The van der Waals surface area contributed by atoms with E-state index in [1.807, 2.05) is 19.3 Å². The minimum atomic E-state index is -0.269. The summed E-state index contributed by atoms with van der Waals surface area (Å²) in [4.78, 5) is 31.8. The summed E-state index contributed by atoms with van der Waals surface area (Å²) < 4.78 is 3.80. The summed E-state index contributed by atoms with van der Waals surface area (Å²) in [5.74, 6) is -0.393. The molecule has 2 aliphatic rings. The maximum atomic E-state index is 13.2. The average molecular weight is 505 g/mol. The molecular formula is C25H28N8O2S. The smallest absolute Gasteiger partial charge is 0.260 e. The highest BCUT2D eigenvalue weighted by Gasteiger charge is 2.22. The third kappa shape index (κ3) is 4.40. The van der Waals surface area contributed by atoms with Gasteiger partial charge in [-0.3, -0.25) is 19.3 Å². The van der Waals surface area contributed by atoms with Gasteiger partial charge in [-0.25, -0.2) is 4.52 Å². The third-order valence-corrected chi connectivity index (χ3v) is 8.11. The fraction of sp³-hybridized carbons (Fsp3) is 0.400. The topological polar surface area (TPSA) is 118 Å². The molecule has 6 rings (SSSR count). The van der Waals surface area contributed by atoms with Gasteiger partial charge in [0.25, 0.3) is 5.91 Å². The van der Waals surface area contributed by atoms with E-state index in [-0.39, 0.29) is 18.4 Å². The number of anilines is 2. The van der Waals surface area contributed by atoms with Crippen LogP contribution in [0.2, 0.25) is 0 Å². The number of fused-ring (bicyclic) bond motifs is 2. The number of aromatic nitrogens is 5. The second-order valence-electron chi connectivity index (χ2n) is 9.46. The lowest BCUT2D eigenvalue weighted by atomic mass is 10.2. The lowest BCUT2D eigenvalue weighted by molar-refractivity contribution is -0.115. The zero-order chi connectivity index (χ0) is 24.6. The lowest BCUT2D eigenvalue weighted by Crippen LogP contribution is -2.34. The van der Waals surface area contributed by atoms with E-state index in [4.69, 9.17) is 0 Å². The third-order valence-electron chi connectivity index (χ3n) is 6.96. The maximum Gasteiger partial charge on any atom is 0.260 e. The Hall–Kier alpha value is -3.57. The second kappa shape index (κ2) is 9.47. The SMILES string of the molecule is Cc1ncc(NC(=O)CNC2CCCC2)cc1NC(=O)c1cnn2cc(-c3cnn4c3CCC4)sc12. The van der Waals surface area contributed by atoms with Gasteiger partial charge in [0, 0.05) is 30.0 Å². The second-order valence-corrected chi connectivity index (χ2v) is 10.5. The Kier molecular flexibility index (Phi) is 6.02. The quantitative estimate of drug-likeness (QED) is 0.354. The fourth-order valence-corrected chi connectivity index (χ4v) is 6.12. The van der Waals surface area contributed by atoms with Crippen LogP contribution in [-0.4, -0.2) is 48.8 Å². The van der Waals surface area contributed by atoms with Crippen molar-refractivity contribution >= 4 is 39.4 Å². The molecule has 1 aliphatic heterocycles. The minimum absolute atomic E-state index is 0.124. The van der Waals surface area contributed by atoms with E-state index in [9.17, 15) is 9.59 Å². The fourth-order valence-electron chi connectivity index (χ4n) is 5.03. The molecular weight excluding hydrogens is 476 g/mol. The Morgan fingerprint density at radius 3 is 2.83 bits per heavy atom. The van der Waals surface area contributed by atoms with Gasteiger partial charge < -0.3 is 16.0 Å². The Bertz CT molecular complexity index is 1450. The molecule has 1 saturated carbocycles. The van der Waals surface area contributed by atoms with E-state index in [1.165, 1.54) is 29.9 Å². The van der Waals surface area contributed by atoms with Crippen LogP contribution >= 0.6 is 11.3 Å². The minimum Gasteiger partial charge on any atom is -0.324 e. The van der Waals surface area contributed by atoms with Crippen molar-refractivity contribution in [2.75, 3.05) is 17.2 Å². The van der Waals surface area contributed by atoms with Crippen molar-refractivity contribution in [2.45, 2.75) is 58.0 Å². The molecule has 0 spiro atoms.